The number of pyridine rings is 1. The molecular weight excluding hydrogens is 292 g/mol. The van der Waals surface area contributed by atoms with Gasteiger partial charge in [0, 0.05) is 10.7 Å². The summed E-state index contributed by atoms with van der Waals surface area (Å²) in [6, 6.07) is 11.7. The minimum absolute atomic E-state index is 0.477. The maximum Gasteiger partial charge on any atom is 0.130 e. The summed E-state index contributed by atoms with van der Waals surface area (Å²) in [6.45, 7) is 1.10. The molecule has 0 fully saturated rings. The summed E-state index contributed by atoms with van der Waals surface area (Å²) in [5.41, 5.74) is 7.65. The predicted octanol–water partition coefficient (Wildman–Crippen LogP) is 2.92. The third-order valence-electron chi connectivity index (χ3n) is 2.54. The molecule has 4 heteroatoms. The minimum Gasteiger partial charge on any atom is -0.487 e. The fraction of sp³-hybridized carbons (Fsp3) is 0.214. The molecule has 0 saturated carbocycles. The van der Waals surface area contributed by atoms with Crippen molar-refractivity contribution in [3.63, 3.8) is 0 Å². The summed E-state index contributed by atoms with van der Waals surface area (Å²) in [6.07, 6.45) is 2.60. The summed E-state index contributed by atoms with van der Waals surface area (Å²) < 4.78 is 6.78. The number of nitrogens with zero attached hydrogens (tertiary/aromatic N) is 1. The maximum absolute atomic E-state index is 5.71. The van der Waals surface area contributed by atoms with Gasteiger partial charge >= 0.3 is 0 Å². The highest BCUT2D eigenvalue weighted by atomic mass is 79.9. The van der Waals surface area contributed by atoms with Crippen LogP contribution in [0.4, 0.5) is 0 Å². The second kappa shape index (κ2) is 6.52. The van der Waals surface area contributed by atoms with Crippen LogP contribution in [0.1, 0.15) is 11.3 Å². The number of hydrogen-bond acceptors (Lipinski definition) is 3. The van der Waals surface area contributed by atoms with Crippen molar-refractivity contribution >= 4 is 15.9 Å². The van der Waals surface area contributed by atoms with Crippen LogP contribution in [0.15, 0.2) is 47.1 Å². The van der Waals surface area contributed by atoms with Crippen molar-refractivity contribution in [3.8, 4) is 5.75 Å². The molecule has 3 nitrogen and oxygen atoms in total. The van der Waals surface area contributed by atoms with Gasteiger partial charge in [0.15, 0.2) is 0 Å². The van der Waals surface area contributed by atoms with Gasteiger partial charge in [-0.25, -0.2) is 0 Å². The Balaban J connectivity index is 2.03. The van der Waals surface area contributed by atoms with E-state index in [4.69, 9.17) is 10.5 Å². The van der Waals surface area contributed by atoms with Gasteiger partial charge in [-0.3, -0.25) is 4.98 Å². The summed E-state index contributed by atoms with van der Waals surface area (Å²) in [4.78, 5) is 4.22. The van der Waals surface area contributed by atoms with Crippen molar-refractivity contribution in [1.29, 1.82) is 0 Å². The van der Waals surface area contributed by atoms with Crippen LogP contribution in [0.25, 0.3) is 0 Å². The average Bonchev–Trinajstić information content (AvgIpc) is 2.41. The second-order valence-electron chi connectivity index (χ2n) is 3.90. The summed E-state index contributed by atoms with van der Waals surface area (Å²) in [7, 11) is 0. The summed E-state index contributed by atoms with van der Waals surface area (Å²) in [5, 5.41) is 0. The molecule has 1 aromatic carbocycles. The van der Waals surface area contributed by atoms with Crippen molar-refractivity contribution in [2.24, 2.45) is 5.73 Å². The Hall–Kier alpha value is -1.39. The number of ether oxygens (including phenoxy) is 1. The average molecular weight is 307 g/mol. The predicted molar refractivity (Wildman–Crippen MR) is 75.5 cm³/mol. The normalized spacial score (nSPS) is 10.3. The van der Waals surface area contributed by atoms with Crippen LogP contribution in [0, 0.1) is 0 Å². The van der Waals surface area contributed by atoms with Crippen LogP contribution in [0.5, 0.6) is 5.75 Å². The van der Waals surface area contributed by atoms with E-state index >= 15 is 0 Å². The smallest absolute Gasteiger partial charge is 0.130 e. The van der Waals surface area contributed by atoms with Gasteiger partial charge in [0.05, 0.1) is 5.69 Å². The number of aromatic nitrogens is 1. The van der Waals surface area contributed by atoms with Crippen molar-refractivity contribution in [3.05, 3.63) is 58.3 Å². The summed E-state index contributed by atoms with van der Waals surface area (Å²) in [5.74, 6) is 0.840. The number of hydrogen-bond donors (Lipinski definition) is 1. The lowest BCUT2D eigenvalue weighted by atomic mass is 10.1. The molecule has 2 aromatic rings. The first-order chi connectivity index (χ1) is 8.79. The Bertz CT molecular complexity index is 502. The van der Waals surface area contributed by atoms with E-state index in [0.29, 0.717) is 13.2 Å². The molecule has 1 heterocycles. The molecule has 0 aliphatic carbocycles. The van der Waals surface area contributed by atoms with Gasteiger partial charge in [-0.2, -0.15) is 0 Å². The Morgan fingerprint density at radius 3 is 2.83 bits per heavy atom. The van der Waals surface area contributed by atoms with Crippen molar-refractivity contribution in [2.75, 3.05) is 6.54 Å². The van der Waals surface area contributed by atoms with Gasteiger partial charge in [0.1, 0.15) is 12.4 Å². The van der Waals surface area contributed by atoms with E-state index in [1.807, 2.05) is 36.4 Å². The van der Waals surface area contributed by atoms with Crippen LogP contribution < -0.4 is 10.5 Å². The first-order valence-electron chi connectivity index (χ1n) is 5.81. The zero-order valence-corrected chi connectivity index (χ0v) is 11.6. The lowest BCUT2D eigenvalue weighted by molar-refractivity contribution is 0.301. The lowest BCUT2D eigenvalue weighted by Gasteiger charge is -2.09. The largest absolute Gasteiger partial charge is 0.487 e. The second-order valence-corrected chi connectivity index (χ2v) is 4.76. The first kappa shape index (κ1) is 13.1. The molecule has 0 unspecified atom stereocenters. The van der Waals surface area contributed by atoms with Crippen LogP contribution >= 0.6 is 15.9 Å². The van der Waals surface area contributed by atoms with E-state index in [9.17, 15) is 0 Å². The van der Waals surface area contributed by atoms with Gasteiger partial charge in [0.2, 0.25) is 0 Å². The van der Waals surface area contributed by atoms with Crippen LogP contribution in [0.3, 0.4) is 0 Å². The monoisotopic (exact) mass is 306 g/mol. The number of rotatable bonds is 5. The Labute approximate surface area is 115 Å². The summed E-state index contributed by atoms with van der Waals surface area (Å²) >= 11 is 3.50. The van der Waals surface area contributed by atoms with E-state index < -0.39 is 0 Å². The standard InChI is InChI=1S/C14H15BrN2O/c15-14-5-4-13(9-11(14)6-7-16)18-10-12-3-1-2-8-17-12/h1-5,8-9H,6-7,10,16H2. The zero-order valence-electron chi connectivity index (χ0n) is 9.97. The molecule has 0 radical (unpaired) electrons. The van der Waals surface area contributed by atoms with E-state index in [2.05, 4.69) is 20.9 Å². The van der Waals surface area contributed by atoms with E-state index in [0.717, 1.165) is 27.9 Å². The number of halogens is 1. The van der Waals surface area contributed by atoms with Gasteiger partial charge in [-0.1, -0.05) is 22.0 Å². The Kier molecular flexibility index (Phi) is 4.73. The Morgan fingerprint density at radius 2 is 2.11 bits per heavy atom. The first-order valence-corrected chi connectivity index (χ1v) is 6.60. The Morgan fingerprint density at radius 1 is 1.22 bits per heavy atom. The van der Waals surface area contributed by atoms with Crippen LogP contribution in [-0.2, 0) is 13.0 Å². The molecular formula is C14H15BrN2O. The molecule has 0 atom stereocenters. The zero-order chi connectivity index (χ0) is 12.8. The molecule has 0 aliphatic heterocycles. The van der Waals surface area contributed by atoms with Crippen LogP contribution in [-0.4, -0.2) is 11.5 Å². The van der Waals surface area contributed by atoms with Crippen molar-refractivity contribution < 1.29 is 4.74 Å². The minimum atomic E-state index is 0.477. The quantitative estimate of drug-likeness (QED) is 0.924. The molecule has 0 saturated heterocycles. The fourth-order valence-electron chi connectivity index (χ4n) is 1.63. The highest BCUT2D eigenvalue weighted by Crippen LogP contribution is 2.23. The topological polar surface area (TPSA) is 48.1 Å². The fourth-order valence-corrected chi connectivity index (χ4v) is 2.07. The SMILES string of the molecule is NCCc1cc(OCc2ccccn2)ccc1Br. The van der Waals surface area contributed by atoms with Gasteiger partial charge in [-0.15, -0.1) is 0 Å². The van der Waals surface area contributed by atoms with Crippen molar-refractivity contribution in [2.45, 2.75) is 13.0 Å². The molecule has 94 valence electrons. The molecule has 0 spiro atoms. The molecule has 0 amide bonds. The highest BCUT2D eigenvalue weighted by Gasteiger charge is 2.02. The highest BCUT2D eigenvalue weighted by molar-refractivity contribution is 9.10. The molecule has 18 heavy (non-hydrogen) atoms. The van der Waals surface area contributed by atoms with E-state index in [-0.39, 0.29) is 0 Å². The molecule has 0 bridgehead atoms. The maximum atomic E-state index is 5.71. The van der Waals surface area contributed by atoms with Crippen molar-refractivity contribution in [1.82, 2.24) is 4.98 Å². The molecule has 1 aromatic heterocycles. The lowest BCUT2D eigenvalue weighted by Crippen LogP contribution is -2.04. The van der Waals surface area contributed by atoms with Gasteiger partial charge < -0.3 is 10.5 Å². The van der Waals surface area contributed by atoms with Gasteiger partial charge in [-0.05, 0) is 48.9 Å². The van der Waals surface area contributed by atoms with Crippen LogP contribution in [0.2, 0.25) is 0 Å². The number of nitrogens with two attached hydrogens (primary N) is 1. The third-order valence-corrected chi connectivity index (χ3v) is 3.32. The van der Waals surface area contributed by atoms with E-state index in [1.54, 1.807) is 6.20 Å². The van der Waals surface area contributed by atoms with E-state index in [1.165, 1.54) is 0 Å². The number of benzene rings is 1. The molecule has 2 rings (SSSR count). The third kappa shape index (κ3) is 3.55. The molecule has 2 N–H and O–H groups in total. The molecule has 0 aliphatic rings. The van der Waals surface area contributed by atoms with Gasteiger partial charge in [0.25, 0.3) is 0 Å².